The zero-order valence-corrected chi connectivity index (χ0v) is 16.1. The first-order valence-corrected chi connectivity index (χ1v) is 8.57. The molecule has 1 amide bonds. The topological polar surface area (TPSA) is 76.8 Å². The van der Waals surface area contributed by atoms with Crippen LogP contribution in [-0.2, 0) is 11.3 Å². The van der Waals surface area contributed by atoms with Gasteiger partial charge in [0.1, 0.15) is 0 Å². The minimum atomic E-state index is -0.137. The predicted molar refractivity (Wildman–Crippen MR) is 101 cm³/mol. The van der Waals surface area contributed by atoms with Crippen molar-refractivity contribution in [1.82, 2.24) is 10.2 Å². The summed E-state index contributed by atoms with van der Waals surface area (Å²) < 4.78 is 11.0. The van der Waals surface area contributed by atoms with E-state index >= 15 is 0 Å². The highest BCUT2D eigenvalue weighted by Crippen LogP contribution is 2.30. The first kappa shape index (κ1) is 21.5. The fourth-order valence-corrected chi connectivity index (χ4v) is 3.16. The lowest BCUT2D eigenvalue weighted by molar-refractivity contribution is -0.123. The summed E-state index contributed by atoms with van der Waals surface area (Å²) in [5.41, 5.74) is 6.97. The molecule has 0 spiro atoms. The van der Waals surface area contributed by atoms with E-state index in [2.05, 4.69) is 17.1 Å². The Morgan fingerprint density at radius 2 is 2.16 bits per heavy atom. The third-order valence-corrected chi connectivity index (χ3v) is 4.47. The summed E-state index contributed by atoms with van der Waals surface area (Å²) in [6, 6.07) is 6.42. The van der Waals surface area contributed by atoms with Crippen LogP contribution in [0.15, 0.2) is 18.2 Å². The first-order chi connectivity index (χ1) is 11.6. The van der Waals surface area contributed by atoms with Gasteiger partial charge in [-0.25, -0.2) is 0 Å². The third kappa shape index (κ3) is 6.06. The quantitative estimate of drug-likeness (QED) is 0.728. The number of hydrogen-bond acceptors (Lipinski definition) is 5. The number of likely N-dealkylation sites (tertiary alicyclic amines) is 1. The molecule has 2 rings (SSSR count). The number of nitrogens with one attached hydrogen (secondary N) is 1. The number of methoxy groups -OCH3 is 1. The molecule has 0 radical (unpaired) electrons. The summed E-state index contributed by atoms with van der Waals surface area (Å²) in [7, 11) is 1.61. The van der Waals surface area contributed by atoms with Crippen LogP contribution in [0, 0.1) is 5.92 Å². The van der Waals surface area contributed by atoms with Crippen LogP contribution < -0.4 is 20.5 Å². The summed E-state index contributed by atoms with van der Waals surface area (Å²) >= 11 is 0. The van der Waals surface area contributed by atoms with Crippen molar-refractivity contribution in [2.75, 3.05) is 33.4 Å². The van der Waals surface area contributed by atoms with Crippen LogP contribution in [0.3, 0.4) is 0 Å². The van der Waals surface area contributed by atoms with Crippen LogP contribution in [0.25, 0.3) is 0 Å². The Morgan fingerprint density at radius 3 is 2.76 bits per heavy atom. The van der Waals surface area contributed by atoms with E-state index < -0.39 is 0 Å². The van der Waals surface area contributed by atoms with Crippen molar-refractivity contribution in [2.45, 2.75) is 32.9 Å². The number of carbonyl (C=O) groups excluding carboxylic acids is 1. The molecule has 1 aromatic rings. The Bertz CT molecular complexity index is 556. The second-order valence-electron chi connectivity index (χ2n) is 6.34. The van der Waals surface area contributed by atoms with E-state index in [1.165, 1.54) is 5.56 Å². The Balaban J connectivity index is 0.00000312. The van der Waals surface area contributed by atoms with Crippen molar-refractivity contribution in [3.63, 3.8) is 0 Å². The molecule has 142 valence electrons. The smallest absolute Gasteiger partial charge is 0.257 e. The van der Waals surface area contributed by atoms with E-state index in [9.17, 15) is 4.79 Å². The van der Waals surface area contributed by atoms with Gasteiger partial charge in [-0.2, -0.15) is 0 Å². The molecular weight excluding hydrogens is 342 g/mol. The van der Waals surface area contributed by atoms with Crippen LogP contribution in [0.2, 0.25) is 0 Å². The number of nitrogens with two attached hydrogens (primary N) is 1. The summed E-state index contributed by atoms with van der Waals surface area (Å²) in [5, 5.41) is 2.71. The second-order valence-corrected chi connectivity index (χ2v) is 6.34. The van der Waals surface area contributed by atoms with Gasteiger partial charge >= 0.3 is 0 Å². The number of rotatable bonds is 8. The molecule has 1 aliphatic rings. The molecule has 1 heterocycles. The summed E-state index contributed by atoms with van der Waals surface area (Å²) in [6.07, 6.45) is 1.15. The van der Waals surface area contributed by atoms with Crippen molar-refractivity contribution in [2.24, 2.45) is 11.7 Å². The van der Waals surface area contributed by atoms with Crippen molar-refractivity contribution < 1.29 is 14.3 Å². The number of halogens is 1. The largest absolute Gasteiger partial charge is 0.493 e. The van der Waals surface area contributed by atoms with E-state index in [1.54, 1.807) is 7.11 Å². The van der Waals surface area contributed by atoms with Crippen LogP contribution in [0.1, 0.15) is 25.8 Å². The molecule has 3 N–H and O–H groups in total. The van der Waals surface area contributed by atoms with Gasteiger partial charge in [0.25, 0.3) is 5.91 Å². The van der Waals surface area contributed by atoms with Crippen LogP contribution in [0.4, 0.5) is 0 Å². The molecule has 25 heavy (non-hydrogen) atoms. The molecule has 1 saturated heterocycles. The number of carbonyl (C=O) groups is 1. The van der Waals surface area contributed by atoms with Crippen molar-refractivity contribution in [3.05, 3.63) is 23.8 Å². The van der Waals surface area contributed by atoms with Crippen LogP contribution in [0.5, 0.6) is 11.5 Å². The molecule has 1 aliphatic heterocycles. The van der Waals surface area contributed by atoms with E-state index in [-0.39, 0.29) is 24.9 Å². The monoisotopic (exact) mass is 371 g/mol. The number of likely N-dealkylation sites (N-methyl/N-ethyl adjacent to an activating group) is 1. The van der Waals surface area contributed by atoms with Crippen LogP contribution in [-0.4, -0.2) is 50.2 Å². The number of amides is 1. The number of benzene rings is 1. The molecule has 2 unspecified atom stereocenters. The third-order valence-electron chi connectivity index (χ3n) is 4.47. The highest BCUT2D eigenvalue weighted by atomic mass is 35.5. The maximum atomic E-state index is 11.5. The van der Waals surface area contributed by atoms with Gasteiger partial charge in [0, 0.05) is 25.7 Å². The average molecular weight is 372 g/mol. The lowest BCUT2D eigenvalue weighted by atomic mass is 10.1. The maximum Gasteiger partial charge on any atom is 0.257 e. The Kier molecular flexibility index (Phi) is 9.03. The fourth-order valence-electron chi connectivity index (χ4n) is 3.16. The fraction of sp³-hybridized carbons (Fsp3) is 0.611. The molecule has 0 aromatic heterocycles. The molecule has 7 heteroatoms. The van der Waals surface area contributed by atoms with Crippen molar-refractivity contribution in [1.29, 1.82) is 0 Å². The molecule has 1 fully saturated rings. The number of ether oxygens (including phenoxy) is 2. The van der Waals surface area contributed by atoms with E-state index in [0.29, 0.717) is 30.0 Å². The van der Waals surface area contributed by atoms with Gasteiger partial charge in [0.05, 0.1) is 7.11 Å². The SMILES string of the molecule is CCNC(=O)COc1ccc(CN2CC(CN)CC2C)cc1OC.Cl. The van der Waals surface area contributed by atoms with Gasteiger partial charge in [-0.1, -0.05) is 6.07 Å². The van der Waals surface area contributed by atoms with E-state index in [4.69, 9.17) is 15.2 Å². The molecule has 0 aliphatic carbocycles. The minimum Gasteiger partial charge on any atom is -0.493 e. The molecular formula is C18H30ClN3O3. The maximum absolute atomic E-state index is 11.5. The lowest BCUT2D eigenvalue weighted by Crippen LogP contribution is -2.28. The summed E-state index contributed by atoms with van der Waals surface area (Å²) in [4.78, 5) is 14.0. The van der Waals surface area contributed by atoms with E-state index in [1.807, 2.05) is 25.1 Å². The molecule has 6 nitrogen and oxygen atoms in total. The Morgan fingerprint density at radius 1 is 1.40 bits per heavy atom. The Hall–Kier alpha value is -1.50. The highest BCUT2D eigenvalue weighted by molar-refractivity contribution is 5.85. The standard InChI is InChI=1S/C18H29N3O3.ClH/c1-4-20-18(22)12-24-16-6-5-14(8-17(16)23-3)10-21-11-15(9-19)7-13(21)2;/h5-6,8,13,15H,4,7,9-12,19H2,1-3H3,(H,20,22);1H. The summed E-state index contributed by atoms with van der Waals surface area (Å²) in [6.45, 7) is 7.36. The Labute approximate surface area is 156 Å². The molecule has 1 aromatic carbocycles. The van der Waals surface area contributed by atoms with Gasteiger partial charge in [-0.3, -0.25) is 9.69 Å². The zero-order chi connectivity index (χ0) is 17.5. The molecule has 0 bridgehead atoms. The normalized spacial score (nSPS) is 20.0. The van der Waals surface area contributed by atoms with Crippen molar-refractivity contribution >= 4 is 18.3 Å². The number of hydrogen-bond donors (Lipinski definition) is 2. The highest BCUT2D eigenvalue weighted by Gasteiger charge is 2.28. The average Bonchev–Trinajstić information content (AvgIpc) is 2.93. The summed E-state index contributed by atoms with van der Waals surface area (Å²) in [5.74, 6) is 1.68. The van der Waals surface area contributed by atoms with Crippen LogP contribution >= 0.6 is 12.4 Å². The lowest BCUT2D eigenvalue weighted by Gasteiger charge is -2.21. The van der Waals surface area contributed by atoms with E-state index in [0.717, 1.165) is 26.1 Å². The van der Waals surface area contributed by atoms with Crippen molar-refractivity contribution in [3.8, 4) is 11.5 Å². The minimum absolute atomic E-state index is 0. The van der Waals surface area contributed by atoms with Gasteiger partial charge in [0.2, 0.25) is 0 Å². The van der Waals surface area contributed by atoms with Gasteiger partial charge in [-0.05, 0) is 50.4 Å². The molecule has 2 atom stereocenters. The zero-order valence-electron chi connectivity index (χ0n) is 15.3. The van der Waals surface area contributed by atoms with Gasteiger partial charge < -0.3 is 20.5 Å². The first-order valence-electron chi connectivity index (χ1n) is 8.57. The molecule has 0 saturated carbocycles. The number of nitrogens with zero attached hydrogens (tertiary/aromatic N) is 1. The van der Waals surface area contributed by atoms with Gasteiger partial charge in [0.15, 0.2) is 18.1 Å². The van der Waals surface area contributed by atoms with Gasteiger partial charge in [-0.15, -0.1) is 12.4 Å². The second kappa shape index (κ2) is 10.5. The predicted octanol–water partition coefficient (Wildman–Crippen LogP) is 1.80.